The second-order valence-corrected chi connectivity index (χ2v) is 17.3. The molecule has 0 aromatic heterocycles. The van der Waals surface area contributed by atoms with Crippen molar-refractivity contribution >= 4 is 19.8 Å². The second kappa shape index (κ2) is 39.3. The van der Waals surface area contributed by atoms with E-state index in [0.717, 1.165) is 57.8 Å². The van der Waals surface area contributed by atoms with Crippen molar-refractivity contribution in [1.29, 1.82) is 0 Å². The number of hydrogen-bond acceptors (Lipinski definition) is 9. The third-order valence-electron chi connectivity index (χ3n) is 8.94. The number of aliphatic hydroxyl groups excluding tert-OH is 1. The summed E-state index contributed by atoms with van der Waals surface area (Å²) < 4.78 is 33.7. The van der Waals surface area contributed by atoms with Crippen molar-refractivity contribution in [1.82, 2.24) is 0 Å². The highest BCUT2D eigenvalue weighted by Gasteiger charge is 2.21. The van der Waals surface area contributed by atoms with E-state index in [1.54, 1.807) is 0 Å². The molecule has 0 aromatic rings. The van der Waals surface area contributed by atoms with E-state index in [1.807, 2.05) is 45.4 Å². The Bertz CT molecular complexity index is 1300. The third kappa shape index (κ3) is 43.1. The van der Waals surface area contributed by atoms with E-state index < -0.39 is 32.5 Å². The van der Waals surface area contributed by atoms with E-state index in [2.05, 4.69) is 74.6 Å². The lowest BCUT2D eigenvalue weighted by molar-refractivity contribution is -0.870. The molecule has 0 spiro atoms. The number of carbonyl (C=O) groups is 2. The first-order chi connectivity index (χ1) is 28.4. The van der Waals surface area contributed by atoms with Gasteiger partial charge in [-0.1, -0.05) is 137 Å². The molecule has 338 valence electrons. The van der Waals surface area contributed by atoms with Gasteiger partial charge in [-0.05, 0) is 83.5 Å². The second-order valence-electron chi connectivity index (χ2n) is 15.9. The van der Waals surface area contributed by atoms with Gasteiger partial charge >= 0.3 is 11.9 Å². The SMILES string of the molecule is CCCCCCCC/C=C\C/C=C\C/C=C\CCCC(=O)OC[C@H](COP(=O)([O-])OCC[N+](C)(C)C)OC(=O)CCC/C=C\C/C=C\C/C=C\C/C=C\CC(O)CCC. The van der Waals surface area contributed by atoms with Crippen LogP contribution in [0.5, 0.6) is 0 Å². The molecule has 11 heteroatoms. The van der Waals surface area contributed by atoms with E-state index in [9.17, 15) is 24.2 Å². The average Bonchev–Trinajstić information content (AvgIpc) is 3.18. The van der Waals surface area contributed by atoms with Crippen molar-refractivity contribution in [2.45, 2.75) is 161 Å². The number of phosphoric acid groups is 1. The lowest BCUT2D eigenvalue weighted by atomic mass is 10.1. The van der Waals surface area contributed by atoms with Gasteiger partial charge in [0.1, 0.15) is 19.8 Å². The minimum absolute atomic E-state index is 0.0599. The molecular weight excluding hydrogens is 765 g/mol. The Hall–Kier alpha value is -2.85. The summed E-state index contributed by atoms with van der Waals surface area (Å²) in [6.45, 7) is 3.86. The fourth-order valence-electron chi connectivity index (χ4n) is 5.44. The van der Waals surface area contributed by atoms with Gasteiger partial charge in [0.25, 0.3) is 7.82 Å². The van der Waals surface area contributed by atoms with Crippen molar-refractivity contribution < 1.29 is 47.2 Å². The predicted molar refractivity (Wildman–Crippen MR) is 242 cm³/mol. The number of ether oxygens (including phenoxy) is 2. The number of allylic oxidation sites excluding steroid dienone is 13. The Labute approximate surface area is 359 Å². The van der Waals surface area contributed by atoms with Gasteiger partial charge in [0.15, 0.2) is 6.10 Å². The Morgan fingerprint density at radius 1 is 0.610 bits per heavy atom. The van der Waals surface area contributed by atoms with Gasteiger partial charge < -0.3 is 33.0 Å². The van der Waals surface area contributed by atoms with Crippen LogP contribution < -0.4 is 4.89 Å². The predicted octanol–water partition coefficient (Wildman–Crippen LogP) is 11.1. The van der Waals surface area contributed by atoms with Gasteiger partial charge in [-0.2, -0.15) is 0 Å². The van der Waals surface area contributed by atoms with Gasteiger partial charge in [-0.3, -0.25) is 14.2 Å². The minimum Gasteiger partial charge on any atom is -0.756 e. The molecule has 0 saturated heterocycles. The molecule has 0 fully saturated rings. The van der Waals surface area contributed by atoms with Crippen molar-refractivity contribution in [2.75, 3.05) is 47.5 Å². The maximum absolute atomic E-state index is 12.7. The Balaban J connectivity index is 4.57. The quantitative estimate of drug-likeness (QED) is 0.0211. The number of phosphoric ester groups is 1. The van der Waals surface area contributed by atoms with Gasteiger partial charge in [-0.15, -0.1) is 0 Å². The summed E-state index contributed by atoms with van der Waals surface area (Å²) in [4.78, 5) is 37.5. The molecule has 0 aliphatic heterocycles. The van der Waals surface area contributed by atoms with E-state index in [1.165, 1.54) is 38.5 Å². The lowest BCUT2D eigenvalue weighted by Crippen LogP contribution is -2.37. The van der Waals surface area contributed by atoms with Crippen LogP contribution in [0.4, 0.5) is 0 Å². The van der Waals surface area contributed by atoms with Crippen LogP contribution in [0.15, 0.2) is 85.1 Å². The summed E-state index contributed by atoms with van der Waals surface area (Å²) in [6, 6.07) is 0. The number of unbranched alkanes of at least 4 members (excludes halogenated alkanes) is 8. The highest BCUT2D eigenvalue weighted by Crippen LogP contribution is 2.38. The van der Waals surface area contributed by atoms with Crippen molar-refractivity contribution in [2.24, 2.45) is 0 Å². The van der Waals surface area contributed by atoms with Crippen LogP contribution in [0, 0.1) is 0 Å². The third-order valence-corrected chi connectivity index (χ3v) is 9.91. The first-order valence-electron chi connectivity index (χ1n) is 22.4. The van der Waals surface area contributed by atoms with E-state index in [0.29, 0.717) is 36.7 Å². The zero-order valence-corrected chi connectivity index (χ0v) is 38.4. The number of carbonyl (C=O) groups excluding carboxylic acids is 2. The maximum atomic E-state index is 12.7. The highest BCUT2D eigenvalue weighted by atomic mass is 31.2. The highest BCUT2D eigenvalue weighted by molar-refractivity contribution is 7.45. The molecule has 0 aliphatic rings. The average molecular weight is 848 g/mol. The van der Waals surface area contributed by atoms with Crippen LogP contribution in [-0.2, 0) is 32.7 Å². The number of hydrogen-bond donors (Lipinski definition) is 1. The first kappa shape index (κ1) is 56.1. The Kier molecular flexibility index (Phi) is 37.4. The summed E-state index contributed by atoms with van der Waals surface area (Å²) in [6.07, 6.45) is 46.9. The topological polar surface area (TPSA) is 131 Å². The molecule has 1 N–H and O–H groups in total. The standard InChI is InChI=1S/C48H82NO9P/c1-6-8-9-10-11-12-13-14-15-16-17-20-23-26-29-32-35-39-47(51)55-43-46(44-57-59(53,54)56-42-41-49(3,4)5)58-48(52)40-36-33-30-27-24-21-18-19-22-25-28-31-34-38-45(50)37-7-2/h14-15,17-18,20-22,25-27,29-31,34,45-46,50H,6-13,16,19,23-24,28,32-33,35-44H2,1-5H3/b15-14-,20-17-,21-18-,25-22-,29-26-,30-27-,34-31-/t45?,46-/m1/s1. The number of esters is 2. The largest absolute Gasteiger partial charge is 0.756 e. The van der Waals surface area contributed by atoms with Crippen LogP contribution >= 0.6 is 7.82 Å². The molecular formula is C48H82NO9P. The molecule has 2 unspecified atom stereocenters. The monoisotopic (exact) mass is 848 g/mol. The molecule has 3 atom stereocenters. The van der Waals surface area contributed by atoms with Crippen LogP contribution in [-0.4, -0.2) is 81.2 Å². The molecule has 10 nitrogen and oxygen atoms in total. The number of rotatable bonds is 39. The van der Waals surface area contributed by atoms with E-state index >= 15 is 0 Å². The molecule has 0 aromatic carbocycles. The number of quaternary nitrogens is 1. The van der Waals surface area contributed by atoms with Gasteiger partial charge in [0.2, 0.25) is 0 Å². The van der Waals surface area contributed by atoms with Crippen molar-refractivity contribution in [3.05, 3.63) is 85.1 Å². The molecule has 0 radical (unpaired) electrons. The minimum atomic E-state index is -4.67. The number of aliphatic hydroxyl groups is 1. The normalized spacial score (nSPS) is 14.9. The molecule has 0 amide bonds. The molecule has 0 bridgehead atoms. The summed E-state index contributed by atoms with van der Waals surface area (Å²) in [5.74, 6) is -0.990. The zero-order valence-electron chi connectivity index (χ0n) is 37.5. The summed E-state index contributed by atoms with van der Waals surface area (Å²) in [5, 5.41) is 9.74. The van der Waals surface area contributed by atoms with Gasteiger partial charge in [0.05, 0.1) is 33.9 Å². The number of likely N-dealkylation sites (N-methyl/N-ethyl adjacent to an activating group) is 1. The molecule has 0 rings (SSSR count). The van der Waals surface area contributed by atoms with Crippen LogP contribution in [0.25, 0.3) is 0 Å². The van der Waals surface area contributed by atoms with Gasteiger partial charge in [-0.25, -0.2) is 0 Å². The summed E-state index contributed by atoms with van der Waals surface area (Å²) in [5.41, 5.74) is 0. The smallest absolute Gasteiger partial charge is 0.306 e. The summed E-state index contributed by atoms with van der Waals surface area (Å²) >= 11 is 0. The first-order valence-corrected chi connectivity index (χ1v) is 23.8. The van der Waals surface area contributed by atoms with E-state index in [-0.39, 0.29) is 32.2 Å². The van der Waals surface area contributed by atoms with E-state index in [4.69, 9.17) is 18.5 Å². The van der Waals surface area contributed by atoms with Crippen molar-refractivity contribution in [3.8, 4) is 0 Å². The summed E-state index contributed by atoms with van der Waals surface area (Å²) in [7, 11) is 1.07. The maximum Gasteiger partial charge on any atom is 0.306 e. The number of nitrogens with zero attached hydrogens (tertiary/aromatic N) is 1. The van der Waals surface area contributed by atoms with Crippen molar-refractivity contribution in [3.63, 3.8) is 0 Å². The Morgan fingerprint density at radius 2 is 1.08 bits per heavy atom. The van der Waals surface area contributed by atoms with Crippen LogP contribution in [0.2, 0.25) is 0 Å². The lowest BCUT2D eigenvalue weighted by Gasteiger charge is -2.28. The van der Waals surface area contributed by atoms with Gasteiger partial charge in [0, 0.05) is 12.8 Å². The molecule has 0 aliphatic carbocycles. The molecule has 0 saturated carbocycles. The molecule has 59 heavy (non-hydrogen) atoms. The van der Waals surface area contributed by atoms with Crippen LogP contribution in [0.1, 0.15) is 149 Å². The van der Waals surface area contributed by atoms with Crippen LogP contribution in [0.3, 0.4) is 0 Å². The fourth-order valence-corrected chi connectivity index (χ4v) is 6.17. The zero-order chi connectivity index (χ0) is 43.7. The molecule has 0 heterocycles. The fraction of sp³-hybridized carbons (Fsp3) is 0.667. The Morgan fingerprint density at radius 3 is 1.61 bits per heavy atom.